The highest BCUT2D eigenvalue weighted by atomic mass is 32.2. The van der Waals surface area contributed by atoms with Crippen molar-refractivity contribution in [2.24, 2.45) is 5.92 Å². The van der Waals surface area contributed by atoms with Gasteiger partial charge in [0.2, 0.25) is 0 Å². The number of hydrogen-bond acceptors (Lipinski definition) is 3. The first-order valence-electron chi connectivity index (χ1n) is 4.98. The first kappa shape index (κ1) is 11.6. The quantitative estimate of drug-likeness (QED) is 0.716. The van der Waals surface area contributed by atoms with Crippen molar-refractivity contribution >= 4 is 11.8 Å². The van der Waals surface area contributed by atoms with E-state index in [1.165, 1.54) is 0 Å². The fourth-order valence-electron chi connectivity index (χ4n) is 0.910. The van der Waals surface area contributed by atoms with Gasteiger partial charge in [-0.25, -0.2) is 4.98 Å². The van der Waals surface area contributed by atoms with Crippen molar-refractivity contribution in [1.29, 1.82) is 0 Å². The molecule has 0 aliphatic heterocycles. The minimum atomic E-state index is 0.0592. The number of nitrogens with zero attached hydrogens (tertiary/aromatic N) is 1. The maximum absolute atomic E-state index is 5.65. The van der Waals surface area contributed by atoms with Crippen molar-refractivity contribution in [3.8, 4) is 0 Å². The zero-order chi connectivity index (χ0) is 10.8. The Morgan fingerprint density at radius 1 is 1.43 bits per heavy atom. The molecule has 3 heteroatoms. The molecule has 0 fully saturated rings. The van der Waals surface area contributed by atoms with Gasteiger partial charge >= 0.3 is 0 Å². The van der Waals surface area contributed by atoms with E-state index in [0.717, 1.165) is 16.7 Å². The van der Waals surface area contributed by atoms with Crippen molar-refractivity contribution in [3.63, 3.8) is 0 Å². The Morgan fingerprint density at radius 3 is 2.50 bits per heavy atom. The fourth-order valence-corrected chi connectivity index (χ4v) is 1.66. The molecule has 0 N–H and O–H groups in total. The highest BCUT2D eigenvalue weighted by Crippen LogP contribution is 2.27. The third-order valence-electron chi connectivity index (χ3n) is 1.76. The van der Waals surface area contributed by atoms with E-state index in [1.54, 1.807) is 11.8 Å². The summed E-state index contributed by atoms with van der Waals surface area (Å²) in [5, 5.41) is 0.795. The lowest BCUT2D eigenvalue weighted by Crippen LogP contribution is -2.09. The van der Waals surface area contributed by atoms with Crippen LogP contribution in [-0.2, 0) is 5.41 Å². The predicted octanol–water partition coefficient (Wildman–Crippen LogP) is 3.72. The molecule has 0 atom stereocenters. The normalized spacial score (nSPS) is 12.4. The van der Waals surface area contributed by atoms with E-state index in [9.17, 15) is 0 Å². The summed E-state index contributed by atoms with van der Waals surface area (Å²) >= 11 is 1.69. The molecule has 2 nitrogen and oxygen atoms in total. The first-order chi connectivity index (χ1) is 6.39. The SMILES string of the molecule is CC(C)CSc1ncc(C(C)(C)C)o1. The van der Waals surface area contributed by atoms with Crippen molar-refractivity contribution in [2.75, 3.05) is 5.75 Å². The summed E-state index contributed by atoms with van der Waals surface area (Å²) in [7, 11) is 0. The molecule has 0 bridgehead atoms. The van der Waals surface area contributed by atoms with Gasteiger partial charge in [0.15, 0.2) is 0 Å². The van der Waals surface area contributed by atoms with Gasteiger partial charge in [0.05, 0.1) is 6.20 Å². The van der Waals surface area contributed by atoms with Crippen LogP contribution in [0.2, 0.25) is 0 Å². The summed E-state index contributed by atoms with van der Waals surface area (Å²) < 4.78 is 5.65. The molecule has 0 unspecified atom stereocenters. The average Bonchev–Trinajstić information content (AvgIpc) is 2.47. The second kappa shape index (κ2) is 4.39. The largest absolute Gasteiger partial charge is 0.436 e. The molecule has 14 heavy (non-hydrogen) atoms. The van der Waals surface area contributed by atoms with Crippen molar-refractivity contribution in [3.05, 3.63) is 12.0 Å². The van der Waals surface area contributed by atoms with Crippen LogP contribution in [0.4, 0.5) is 0 Å². The van der Waals surface area contributed by atoms with Crippen LogP contribution < -0.4 is 0 Å². The minimum absolute atomic E-state index is 0.0592. The fraction of sp³-hybridized carbons (Fsp3) is 0.727. The standard InChI is InChI=1S/C11H19NOS/c1-8(2)7-14-10-12-6-9(13-10)11(3,4)5/h6,8H,7H2,1-5H3. The van der Waals surface area contributed by atoms with E-state index in [4.69, 9.17) is 4.42 Å². The smallest absolute Gasteiger partial charge is 0.255 e. The maximum Gasteiger partial charge on any atom is 0.255 e. The Labute approximate surface area is 90.5 Å². The van der Waals surface area contributed by atoms with Gasteiger partial charge in [-0.2, -0.15) is 0 Å². The topological polar surface area (TPSA) is 26.0 Å². The molecule has 1 aromatic rings. The molecule has 0 spiro atoms. The number of hydrogen-bond donors (Lipinski definition) is 0. The molecule has 0 aliphatic rings. The van der Waals surface area contributed by atoms with E-state index in [2.05, 4.69) is 39.6 Å². The lowest BCUT2D eigenvalue weighted by molar-refractivity contribution is 0.354. The van der Waals surface area contributed by atoms with E-state index in [-0.39, 0.29) is 5.41 Å². The molecule has 1 rings (SSSR count). The number of oxazole rings is 1. The highest BCUT2D eigenvalue weighted by Gasteiger charge is 2.19. The lowest BCUT2D eigenvalue weighted by Gasteiger charge is -2.12. The molecular formula is C11H19NOS. The van der Waals surface area contributed by atoms with Gasteiger partial charge in [0.25, 0.3) is 5.22 Å². The third-order valence-corrected chi connectivity index (χ3v) is 3.03. The molecule has 0 saturated heterocycles. The molecule has 0 saturated carbocycles. The Morgan fingerprint density at radius 2 is 2.07 bits per heavy atom. The van der Waals surface area contributed by atoms with Crippen LogP contribution in [0.1, 0.15) is 40.4 Å². The molecular weight excluding hydrogens is 194 g/mol. The van der Waals surface area contributed by atoms with Crippen LogP contribution in [0.3, 0.4) is 0 Å². The van der Waals surface area contributed by atoms with Crippen molar-refractivity contribution in [2.45, 2.75) is 45.3 Å². The number of rotatable bonds is 3. The van der Waals surface area contributed by atoms with Crippen LogP contribution in [0.25, 0.3) is 0 Å². The molecule has 0 aromatic carbocycles. The monoisotopic (exact) mass is 213 g/mol. The second-order valence-electron chi connectivity index (χ2n) is 4.95. The summed E-state index contributed by atoms with van der Waals surface area (Å²) in [5.41, 5.74) is 0.0592. The third kappa shape index (κ3) is 3.37. The molecule has 1 heterocycles. The summed E-state index contributed by atoms with van der Waals surface area (Å²) in [4.78, 5) is 4.25. The molecule has 1 aromatic heterocycles. The van der Waals surface area contributed by atoms with Gasteiger partial charge in [-0.1, -0.05) is 46.4 Å². The minimum Gasteiger partial charge on any atom is -0.436 e. The van der Waals surface area contributed by atoms with Gasteiger partial charge in [-0.15, -0.1) is 0 Å². The Balaban J connectivity index is 2.60. The Hall–Kier alpha value is -0.440. The zero-order valence-electron chi connectivity index (χ0n) is 9.63. The second-order valence-corrected chi connectivity index (χ2v) is 5.92. The molecule has 0 aliphatic carbocycles. The summed E-state index contributed by atoms with van der Waals surface area (Å²) in [6.07, 6.45) is 1.84. The van der Waals surface area contributed by atoms with E-state index < -0.39 is 0 Å². The number of aromatic nitrogens is 1. The number of thioether (sulfide) groups is 1. The van der Waals surface area contributed by atoms with Crippen molar-refractivity contribution < 1.29 is 4.42 Å². The van der Waals surface area contributed by atoms with Gasteiger partial charge in [0, 0.05) is 11.2 Å². The van der Waals surface area contributed by atoms with Gasteiger partial charge in [0.1, 0.15) is 5.76 Å². The summed E-state index contributed by atoms with van der Waals surface area (Å²) in [6, 6.07) is 0. The highest BCUT2D eigenvalue weighted by molar-refractivity contribution is 7.99. The van der Waals surface area contributed by atoms with Crippen LogP contribution >= 0.6 is 11.8 Å². The Bertz CT molecular complexity index is 286. The van der Waals surface area contributed by atoms with Crippen molar-refractivity contribution in [1.82, 2.24) is 4.98 Å². The summed E-state index contributed by atoms with van der Waals surface area (Å²) in [5.74, 6) is 2.69. The van der Waals surface area contributed by atoms with E-state index >= 15 is 0 Å². The lowest BCUT2D eigenvalue weighted by atomic mass is 9.94. The average molecular weight is 213 g/mol. The van der Waals surface area contributed by atoms with Crippen LogP contribution in [-0.4, -0.2) is 10.7 Å². The first-order valence-corrected chi connectivity index (χ1v) is 5.97. The predicted molar refractivity (Wildman–Crippen MR) is 60.8 cm³/mol. The van der Waals surface area contributed by atoms with Crippen LogP contribution in [0, 0.1) is 5.92 Å². The summed E-state index contributed by atoms with van der Waals surface area (Å²) in [6.45, 7) is 10.8. The van der Waals surface area contributed by atoms with Gasteiger partial charge in [-0.3, -0.25) is 0 Å². The Kier molecular flexibility index (Phi) is 3.65. The van der Waals surface area contributed by atoms with Gasteiger partial charge in [-0.05, 0) is 5.92 Å². The van der Waals surface area contributed by atoms with Crippen LogP contribution in [0.5, 0.6) is 0 Å². The van der Waals surface area contributed by atoms with E-state index in [1.807, 2.05) is 6.20 Å². The zero-order valence-corrected chi connectivity index (χ0v) is 10.4. The molecule has 0 amide bonds. The van der Waals surface area contributed by atoms with E-state index in [0.29, 0.717) is 5.92 Å². The maximum atomic E-state index is 5.65. The molecule has 0 radical (unpaired) electrons. The molecule has 80 valence electrons. The van der Waals surface area contributed by atoms with Gasteiger partial charge < -0.3 is 4.42 Å². The van der Waals surface area contributed by atoms with Crippen LogP contribution in [0.15, 0.2) is 15.8 Å².